The third kappa shape index (κ3) is 3.30. The Labute approximate surface area is 83.3 Å². The molecule has 1 heteroatoms. The molecule has 0 amide bonds. The first-order chi connectivity index (χ1) is 6.11. The molecule has 78 valence electrons. The van der Waals surface area contributed by atoms with Crippen molar-refractivity contribution in [2.24, 2.45) is 23.7 Å². The van der Waals surface area contributed by atoms with Crippen molar-refractivity contribution in [3.05, 3.63) is 0 Å². The summed E-state index contributed by atoms with van der Waals surface area (Å²) < 4.78 is 0. The Balaban J connectivity index is 2.09. The van der Waals surface area contributed by atoms with E-state index in [1.54, 1.807) is 0 Å². The summed E-state index contributed by atoms with van der Waals surface area (Å²) in [5.41, 5.74) is 0. The molecule has 0 aromatic carbocycles. The highest BCUT2D eigenvalue weighted by atomic mass is 14.9. The van der Waals surface area contributed by atoms with Gasteiger partial charge in [0, 0.05) is 0 Å². The third-order valence-electron chi connectivity index (χ3n) is 3.29. The molecule has 0 aliphatic heterocycles. The zero-order valence-corrected chi connectivity index (χ0v) is 9.64. The average molecular weight is 183 g/mol. The lowest BCUT2D eigenvalue weighted by Crippen LogP contribution is -2.38. The summed E-state index contributed by atoms with van der Waals surface area (Å²) in [6.45, 7) is 11.7. The Morgan fingerprint density at radius 1 is 1.15 bits per heavy atom. The highest BCUT2D eigenvalue weighted by Gasteiger charge is 2.32. The second-order valence-electron chi connectivity index (χ2n) is 5.30. The van der Waals surface area contributed by atoms with Crippen LogP contribution in [0, 0.1) is 23.7 Å². The molecule has 0 saturated heterocycles. The number of hydrogen-bond donors (Lipinski definition) is 1. The molecule has 1 rings (SSSR count). The van der Waals surface area contributed by atoms with Crippen molar-refractivity contribution in [1.29, 1.82) is 0 Å². The Morgan fingerprint density at radius 3 is 2.23 bits per heavy atom. The highest BCUT2D eigenvalue weighted by Crippen LogP contribution is 2.38. The Kier molecular flexibility index (Phi) is 4.24. The van der Waals surface area contributed by atoms with Crippen molar-refractivity contribution in [3.63, 3.8) is 0 Å². The molecule has 0 aromatic rings. The highest BCUT2D eigenvalue weighted by molar-refractivity contribution is 4.84. The molecule has 2 unspecified atom stereocenters. The van der Waals surface area contributed by atoms with Gasteiger partial charge in [-0.25, -0.2) is 0 Å². The minimum atomic E-state index is 0.789. The molecule has 1 aliphatic carbocycles. The van der Waals surface area contributed by atoms with E-state index in [0.29, 0.717) is 0 Å². The lowest BCUT2D eigenvalue weighted by atomic mass is 9.68. The zero-order chi connectivity index (χ0) is 9.84. The Morgan fingerprint density at radius 2 is 1.85 bits per heavy atom. The van der Waals surface area contributed by atoms with E-state index in [9.17, 15) is 0 Å². The second-order valence-corrected chi connectivity index (χ2v) is 5.30. The van der Waals surface area contributed by atoms with Gasteiger partial charge in [-0.3, -0.25) is 0 Å². The van der Waals surface area contributed by atoms with E-state index in [1.807, 2.05) is 0 Å². The maximum atomic E-state index is 3.57. The first-order valence-corrected chi connectivity index (χ1v) is 5.82. The van der Waals surface area contributed by atoms with E-state index in [-0.39, 0.29) is 0 Å². The molecule has 1 saturated carbocycles. The van der Waals surface area contributed by atoms with Gasteiger partial charge in [0.2, 0.25) is 0 Å². The van der Waals surface area contributed by atoms with Gasteiger partial charge in [0.05, 0.1) is 0 Å². The summed E-state index contributed by atoms with van der Waals surface area (Å²) in [5.74, 6) is 3.65. The molecule has 0 radical (unpaired) electrons. The normalized spacial score (nSPS) is 28.2. The van der Waals surface area contributed by atoms with Crippen LogP contribution in [-0.2, 0) is 0 Å². The molecule has 0 bridgehead atoms. The summed E-state index contributed by atoms with van der Waals surface area (Å²) in [7, 11) is 0. The smallest absolute Gasteiger partial charge is 0.00177 e. The fraction of sp³-hybridized carbons (Fsp3) is 1.00. The minimum Gasteiger partial charge on any atom is -0.316 e. The fourth-order valence-corrected chi connectivity index (χ4v) is 2.28. The van der Waals surface area contributed by atoms with Crippen molar-refractivity contribution in [1.82, 2.24) is 5.32 Å². The summed E-state index contributed by atoms with van der Waals surface area (Å²) in [4.78, 5) is 0. The van der Waals surface area contributed by atoms with Crippen LogP contribution in [0.15, 0.2) is 0 Å². The maximum absolute atomic E-state index is 3.57. The standard InChI is InChI=1S/C12H25N/c1-9(2)7-13-8-11-5-6-12(11)10(3)4/h9-13H,5-8H2,1-4H3. The minimum absolute atomic E-state index is 0.789. The van der Waals surface area contributed by atoms with Gasteiger partial charge >= 0.3 is 0 Å². The quantitative estimate of drug-likeness (QED) is 0.691. The number of hydrogen-bond acceptors (Lipinski definition) is 1. The van der Waals surface area contributed by atoms with Gasteiger partial charge in [-0.05, 0) is 49.6 Å². The van der Waals surface area contributed by atoms with Gasteiger partial charge in [-0.15, -0.1) is 0 Å². The summed E-state index contributed by atoms with van der Waals surface area (Å²) in [5, 5.41) is 3.57. The van der Waals surface area contributed by atoms with E-state index in [1.165, 1.54) is 25.9 Å². The van der Waals surface area contributed by atoms with Gasteiger partial charge in [0.25, 0.3) is 0 Å². The van der Waals surface area contributed by atoms with Crippen LogP contribution in [0.1, 0.15) is 40.5 Å². The summed E-state index contributed by atoms with van der Waals surface area (Å²) in [6.07, 6.45) is 2.92. The van der Waals surface area contributed by atoms with Crippen LogP contribution >= 0.6 is 0 Å². The molecule has 1 fully saturated rings. The molecule has 1 aliphatic rings. The monoisotopic (exact) mass is 183 g/mol. The van der Waals surface area contributed by atoms with Gasteiger partial charge < -0.3 is 5.32 Å². The van der Waals surface area contributed by atoms with Gasteiger partial charge in [-0.1, -0.05) is 27.7 Å². The molecule has 1 nitrogen and oxygen atoms in total. The van der Waals surface area contributed by atoms with E-state index in [0.717, 1.165) is 23.7 Å². The second kappa shape index (κ2) is 4.99. The van der Waals surface area contributed by atoms with Crippen molar-refractivity contribution in [2.45, 2.75) is 40.5 Å². The molecule has 1 N–H and O–H groups in total. The van der Waals surface area contributed by atoms with Crippen molar-refractivity contribution >= 4 is 0 Å². The third-order valence-corrected chi connectivity index (χ3v) is 3.29. The van der Waals surface area contributed by atoms with Gasteiger partial charge in [-0.2, -0.15) is 0 Å². The Hall–Kier alpha value is -0.0400. The lowest BCUT2D eigenvalue weighted by Gasteiger charge is -2.40. The van der Waals surface area contributed by atoms with Gasteiger partial charge in [0.15, 0.2) is 0 Å². The predicted molar refractivity (Wildman–Crippen MR) is 58.8 cm³/mol. The molecule has 13 heavy (non-hydrogen) atoms. The first-order valence-electron chi connectivity index (χ1n) is 5.82. The average Bonchev–Trinajstić information content (AvgIpc) is 1.93. The van der Waals surface area contributed by atoms with Crippen LogP contribution in [0.25, 0.3) is 0 Å². The van der Waals surface area contributed by atoms with E-state index in [2.05, 4.69) is 33.0 Å². The number of nitrogens with one attached hydrogen (secondary N) is 1. The van der Waals surface area contributed by atoms with Gasteiger partial charge in [0.1, 0.15) is 0 Å². The molecule has 0 aromatic heterocycles. The zero-order valence-electron chi connectivity index (χ0n) is 9.64. The van der Waals surface area contributed by atoms with Crippen LogP contribution in [0.2, 0.25) is 0 Å². The number of rotatable bonds is 5. The molecular formula is C12H25N. The van der Waals surface area contributed by atoms with Crippen molar-refractivity contribution in [3.8, 4) is 0 Å². The SMILES string of the molecule is CC(C)CNCC1CCC1C(C)C. The largest absolute Gasteiger partial charge is 0.316 e. The van der Waals surface area contributed by atoms with Crippen LogP contribution in [-0.4, -0.2) is 13.1 Å². The fourth-order valence-electron chi connectivity index (χ4n) is 2.28. The van der Waals surface area contributed by atoms with Crippen LogP contribution < -0.4 is 5.32 Å². The van der Waals surface area contributed by atoms with E-state index < -0.39 is 0 Å². The summed E-state index contributed by atoms with van der Waals surface area (Å²) in [6, 6.07) is 0. The van der Waals surface area contributed by atoms with E-state index in [4.69, 9.17) is 0 Å². The molecule has 2 atom stereocenters. The maximum Gasteiger partial charge on any atom is -0.00177 e. The van der Waals surface area contributed by atoms with E-state index >= 15 is 0 Å². The van der Waals surface area contributed by atoms with Crippen molar-refractivity contribution < 1.29 is 0 Å². The predicted octanol–water partition coefficient (Wildman–Crippen LogP) is 2.91. The lowest BCUT2D eigenvalue weighted by molar-refractivity contribution is 0.119. The van der Waals surface area contributed by atoms with Crippen molar-refractivity contribution in [2.75, 3.05) is 13.1 Å². The first kappa shape index (κ1) is 11.0. The molecule has 0 spiro atoms. The van der Waals surface area contributed by atoms with Crippen LogP contribution in [0.4, 0.5) is 0 Å². The summed E-state index contributed by atoms with van der Waals surface area (Å²) >= 11 is 0. The van der Waals surface area contributed by atoms with Crippen LogP contribution in [0.5, 0.6) is 0 Å². The van der Waals surface area contributed by atoms with Crippen LogP contribution in [0.3, 0.4) is 0 Å². The topological polar surface area (TPSA) is 12.0 Å². The Bertz CT molecular complexity index is 140. The molecular weight excluding hydrogens is 158 g/mol. The molecule has 0 heterocycles.